The van der Waals surface area contributed by atoms with Crippen molar-refractivity contribution in [1.29, 1.82) is 0 Å². The van der Waals surface area contributed by atoms with E-state index in [1.54, 1.807) is 0 Å². The second kappa shape index (κ2) is 29.8. The summed E-state index contributed by atoms with van der Waals surface area (Å²) in [5.74, 6) is -0.892. The lowest BCUT2D eigenvalue weighted by atomic mass is 10.0. The van der Waals surface area contributed by atoms with Crippen LogP contribution in [0.25, 0.3) is 0 Å². The lowest BCUT2D eigenvalue weighted by Gasteiger charge is -2.18. The summed E-state index contributed by atoms with van der Waals surface area (Å²) in [6.07, 6.45) is 29.3. The highest BCUT2D eigenvalue weighted by Gasteiger charge is 2.22. The minimum atomic E-state index is -4.74. The van der Waals surface area contributed by atoms with Gasteiger partial charge in [-0.1, -0.05) is 135 Å². The molecule has 42 heavy (non-hydrogen) atoms. The molecule has 0 saturated carbocycles. The molecule has 0 unspecified atom stereocenters. The molecule has 0 aliphatic carbocycles. The van der Waals surface area contributed by atoms with E-state index >= 15 is 0 Å². The third-order valence-electron chi connectivity index (χ3n) is 7.28. The van der Waals surface area contributed by atoms with Crippen molar-refractivity contribution < 1.29 is 37.9 Å². The SMILES string of the molecule is CCCC/C=C/CCCCCCCC(=O)O[C@H](COC(=O)CCCCCCCCCCCCCCC)COP(=O)(O)O. The third kappa shape index (κ3) is 31.7. The molecule has 0 aliphatic rings. The maximum Gasteiger partial charge on any atom is 0.469 e. The van der Waals surface area contributed by atoms with Crippen molar-refractivity contribution in [2.24, 2.45) is 0 Å². The molecule has 0 saturated heterocycles. The number of phosphoric acid groups is 1. The third-order valence-corrected chi connectivity index (χ3v) is 7.77. The monoisotopic (exact) mass is 618 g/mol. The van der Waals surface area contributed by atoms with E-state index in [0.717, 1.165) is 57.8 Å². The molecule has 8 nitrogen and oxygen atoms in total. The number of phosphoric ester groups is 1. The van der Waals surface area contributed by atoms with Crippen LogP contribution in [-0.2, 0) is 28.2 Å². The van der Waals surface area contributed by atoms with Gasteiger partial charge in [-0.05, 0) is 32.1 Å². The van der Waals surface area contributed by atoms with E-state index in [1.165, 1.54) is 77.0 Å². The van der Waals surface area contributed by atoms with Gasteiger partial charge in [-0.25, -0.2) is 4.57 Å². The number of ether oxygens (including phenoxy) is 2. The van der Waals surface area contributed by atoms with E-state index in [9.17, 15) is 14.2 Å². The topological polar surface area (TPSA) is 119 Å². The molecule has 0 aromatic heterocycles. The lowest BCUT2D eigenvalue weighted by molar-refractivity contribution is -0.161. The summed E-state index contributed by atoms with van der Waals surface area (Å²) < 4.78 is 26.2. The number of carbonyl (C=O) groups excluding carboxylic acids is 2. The first-order valence-corrected chi connectivity index (χ1v) is 18.5. The first-order chi connectivity index (χ1) is 20.3. The summed E-state index contributed by atoms with van der Waals surface area (Å²) in [5.41, 5.74) is 0. The quantitative estimate of drug-likeness (QED) is 0.0341. The Morgan fingerprint density at radius 2 is 1.02 bits per heavy atom. The molecule has 0 aromatic rings. The average molecular weight is 619 g/mol. The van der Waals surface area contributed by atoms with Crippen LogP contribution in [0.1, 0.15) is 168 Å². The van der Waals surface area contributed by atoms with Gasteiger partial charge in [0.1, 0.15) is 6.61 Å². The number of carbonyl (C=O) groups is 2. The van der Waals surface area contributed by atoms with Gasteiger partial charge in [0.2, 0.25) is 0 Å². The van der Waals surface area contributed by atoms with Gasteiger partial charge in [-0.15, -0.1) is 0 Å². The molecular weight excluding hydrogens is 555 g/mol. The van der Waals surface area contributed by atoms with Crippen molar-refractivity contribution in [3.05, 3.63) is 12.2 Å². The maximum absolute atomic E-state index is 12.3. The Hall–Kier alpha value is -1.21. The fourth-order valence-corrected chi connectivity index (χ4v) is 5.07. The van der Waals surface area contributed by atoms with E-state index in [0.29, 0.717) is 6.42 Å². The number of hydrogen-bond donors (Lipinski definition) is 2. The summed E-state index contributed by atoms with van der Waals surface area (Å²) in [5, 5.41) is 0. The lowest BCUT2D eigenvalue weighted by Crippen LogP contribution is -2.29. The van der Waals surface area contributed by atoms with Gasteiger partial charge in [-0.3, -0.25) is 14.1 Å². The highest BCUT2D eigenvalue weighted by molar-refractivity contribution is 7.46. The van der Waals surface area contributed by atoms with Crippen molar-refractivity contribution in [3.63, 3.8) is 0 Å². The highest BCUT2D eigenvalue weighted by atomic mass is 31.2. The number of rotatable bonds is 31. The number of allylic oxidation sites excluding steroid dienone is 2. The zero-order valence-electron chi connectivity index (χ0n) is 26.9. The summed E-state index contributed by atoms with van der Waals surface area (Å²) in [6.45, 7) is 3.62. The fraction of sp³-hybridized carbons (Fsp3) is 0.879. The predicted octanol–water partition coefficient (Wildman–Crippen LogP) is 9.51. The van der Waals surface area contributed by atoms with Gasteiger partial charge >= 0.3 is 19.8 Å². The number of esters is 2. The molecule has 0 fully saturated rings. The first-order valence-electron chi connectivity index (χ1n) is 17.0. The van der Waals surface area contributed by atoms with Crippen LogP contribution in [-0.4, -0.2) is 41.0 Å². The molecule has 1 atom stereocenters. The van der Waals surface area contributed by atoms with Crippen molar-refractivity contribution in [2.45, 2.75) is 174 Å². The molecule has 0 bridgehead atoms. The van der Waals surface area contributed by atoms with Crippen LogP contribution < -0.4 is 0 Å². The van der Waals surface area contributed by atoms with E-state index in [1.807, 2.05) is 0 Å². The van der Waals surface area contributed by atoms with E-state index < -0.39 is 32.5 Å². The van der Waals surface area contributed by atoms with Crippen LogP contribution in [0.2, 0.25) is 0 Å². The normalized spacial score (nSPS) is 12.6. The molecule has 9 heteroatoms. The second-order valence-corrected chi connectivity index (χ2v) is 12.7. The highest BCUT2D eigenvalue weighted by Crippen LogP contribution is 2.36. The fourth-order valence-electron chi connectivity index (χ4n) is 4.71. The predicted molar refractivity (Wildman–Crippen MR) is 170 cm³/mol. The van der Waals surface area contributed by atoms with Crippen molar-refractivity contribution in [3.8, 4) is 0 Å². The zero-order chi connectivity index (χ0) is 31.2. The molecule has 2 N–H and O–H groups in total. The molecule has 0 spiro atoms. The maximum atomic E-state index is 12.3. The van der Waals surface area contributed by atoms with E-state index in [4.69, 9.17) is 19.3 Å². The summed E-state index contributed by atoms with van der Waals surface area (Å²) in [7, 11) is -4.74. The smallest absolute Gasteiger partial charge is 0.462 e. The largest absolute Gasteiger partial charge is 0.469 e. The number of hydrogen-bond acceptors (Lipinski definition) is 6. The van der Waals surface area contributed by atoms with Crippen LogP contribution in [0.5, 0.6) is 0 Å². The molecule has 248 valence electrons. The van der Waals surface area contributed by atoms with Crippen molar-refractivity contribution in [2.75, 3.05) is 13.2 Å². The van der Waals surface area contributed by atoms with Gasteiger partial charge < -0.3 is 19.3 Å². The minimum absolute atomic E-state index is 0.205. The van der Waals surface area contributed by atoms with Gasteiger partial charge in [0.15, 0.2) is 6.10 Å². The van der Waals surface area contributed by atoms with Crippen LogP contribution in [0.15, 0.2) is 12.2 Å². The molecule has 0 radical (unpaired) electrons. The van der Waals surface area contributed by atoms with Crippen LogP contribution >= 0.6 is 7.82 Å². The Labute approximate surface area is 257 Å². The van der Waals surface area contributed by atoms with Gasteiger partial charge in [0.25, 0.3) is 0 Å². The van der Waals surface area contributed by atoms with Crippen LogP contribution in [0, 0.1) is 0 Å². The van der Waals surface area contributed by atoms with Gasteiger partial charge in [0, 0.05) is 12.8 Å². The standard InChI is InChI=1S/C33H63O8P/c1-3-5-7-9-11-13-15-16-18-19-21-23-25-27-32(34)39-29-31(30-40-42(36,37)38)41-33(35)28-26-24-22-20-17-14-12-10-8-6-4-2/h10,12,31H,3-9,11,13-30H2,1-2H3,(H2,36,37,38)/b12-10+/t31-/m1/s1. The zero-order valence-corrected chi connectivity index (χ0v) is 27.8. The molecule has 0 aromatic carbocycles. The van der Waals surface area contributed by atoms with Crippen LogP contribution in [0.4, 0.5) is 0 Å². The van der Waals surface area contributed by atoms with Crippen molar-refractivity contribution >= 4 is 19.8 Å². The Bertz CT molecular complexity index is 706. The van der Waals surface area contributed by atoms with Gasteiger partial charge in [-0.2, -0.15) is 0 Å². The van der Waals surface area contributed by atoms with Gasteiger partial charge in [0.05, 0.1) is 6.61 Å². The summed E-state index contributed by atoms with van der Waals surface area (Å²) >= 11 is 0. The average Bonchev–Trinajstić information content (AvgIpc) is 2.95. The first kappa shape index (κ1) is 40.8. The molecular formula is C33H63O8P. The second-order valence-electron chi connectivity index (χ2n) is 11.5. The summed E-state index contributed by atoms with van der Waals surface area (Å²) in [4.78, 5) is 42.5. The van der Waals surface area contributed by atoms with E-state index in [-0.39, 0.29) is 19.4 Å². The molecule has 0 rings (SSSR count). The Balaban J connectivity index is 4.00. The Morgan fingerprint density at radius 3 is 1.52 bits per heavy atom. The molecule has 0 heterocycles. The molecule has 0 amide bonds. The van der Waals surface area contributed by atoms with E-state index in [2.05, 4.69) is 30.5 Å². The van der Waals surface area contributed by atoms with Crippen molar-refractivity contribution in [1.82, 2.24) is 0 Å². The Morgan fingerprint density at radius 1 is 0.595 bits per heavy atom. The summed E-state index contributed by atoms with van der Waals surface area (Å²) in [6, 6.07) is 0. The Kier molecular flexibility index (Phi) is 29.0. The molecule has 0 aliphatic heterocycles. The van der Waals surface area contributed by atoms with Crippen LogP contribution in [0.3, 0.4) is 0 Å². The minimum Gasteiger partial charge on any atom is -0.462 e. The number of unbranched alkanes of at least 4 members (excludes halogenated alkanes) is 19.